The Morgan fingerprint density at radius 2 is 1.94 bits per heavy atom. The number of pyridine rings is 1. The molecule has 1 N–H and O–H groups in total. The molecule has 1 saturated heterocycles. The topological polar surface area (TPSA) is 75.9 Å². The van der Waals surface area contributed by atoms with Gasteiger partial charge in [-0.3, -0.25) is 4.79 Å². The fraction of sp³-hybridized carbons (Fsp3) is 0.304. The van der Waals surface area contributed by atoms with E-state index in [1.165, 1.54) is 35.7 Å². The Morgan fingerprint density at radius 3 is 2.67 bits per heavy atom. The number of benzene rings is 1. The molecule has 2 aromatic heterocycles. The SMILES string of the molecule is Cc1ccc(-n2nccn2)c(C(=O)N2CCC[C@@H](C)/C2=C\Nc2ncccc2C(F)(F)F)c1. The molecule has 1 atom stereocenters. The number of hydrogen-bond donors (Lipinski definition) is 1. The van der Waals surface area contributed by atoms with Crippen molar-refractivity contribution in [3.63, 3.8) is 0 Å². The van der Waals surface area contributed by atoms with Crippen LogP contribution in [0.15, 0.2) is 60.8 Å². The van der Waals surface area contributed by atoms with E-state index >= 15 is 0 Å². The maximum atomic E-state index is 13.7. The summed E-state index contributed by atoms with van der Waals surface area (Å²) in [6.07, 6.45) is 2.85. The Kier molecular flexibility index (Phi) is 6.17. The quantitative estimate of drug-likeness (QED) is 0.610. The molecule has 1 aromatic carbocycles. The van der Waals surface area contributed by atoms with Crippen LogP contribution in [0.3, 0.4) is 0 Å². The number of hydrogen-bond acceptors (Lipinski definition) is 5. The summed E-state index contributed by atoms with van der Waals surface area (Å²) in [5.74, 6) is -0.605. The Balaban J connectivity index is 1.70. The van der Waals surface area contributed by atoms with Crippen molar-refractivity contribution in [3.05, 3.63) is 77.5 Å². The van der Waals surface area contributed by atoms with Crippen LogP contribution in [0, 0.1) is 12.8 Å². The number of piperidine rings is 1. The van der Waals surface area contributed by atoms with E-state index in [2.05, 4.69) is 20.5 Å². The van der Waals surface area contributed by atoms with E-state index < -0.39 is 11.7 Å². The molecule has 3 aromatic rings. The van der Waals surface area contributed by atoms with Crippen LogP contribution in [-0.4, -0.2) is 37.3 Å². The van der Waals surface area contributed by atoms with Crippen molar-refractivity contribution in [1.29, 1.82) is 0 Å². The van der Waals surface area contributed by atoms with Crippen LogP contribution in [-0.2, 0) is 6.18 Å². The summed E-state index contributed by atoms with van der Waals surface area (Å²) < 4.78 is 40.1. The van der Waals surface area contributed by atoms with Crippen molar-refractivity contribution in [2.24, 2.45) is 5.92 Å². The van der Waals surface area contributed by atoms with Gasteiger partial charge in [-0.15, -0.1) is 0 Å². The van der Waals surface area contributed by atoms with Gasteiger partial charge in [0.1, 0.15) is 5.82 Å². The lowest BCUT2D eigenvalue weighted by Crippen LogP contribution is -2.38. The number of alkyl halides is 3. The largest absolute Gasteiger partial charge is 0.419 e. The van der Waals surface area contributed by atoms with Crippen LogP contribution in [0.4, 0.5) is 19.0 Å². The van der Waals surface area contributed by atoms with E-state index in [0.717, 1.165) is 24.5 Å². The van der Waals surface area contributed by atoms with Crippen LogP contribution in [0.25, 0.3) is 5.69 Å². The zero-order valence-electron chi connectivity index (χ0n) is 18.2. The molecule has 0 saturated carbocycles. The van der Waals surface area contributed by atoms with Crippen molar-refractivity contribution < 1.29 is 18.0 Å². The Morgan fingerprint density at radius 1 is 1.18 bits per heavy atom. The summed E-state index contributed by atoms with van der Waals surface area (Å²) in [6, 6.07) is 7.62. The van der Waals surface area contributed by atoms with Crippen LogP contribution >= 0.6 is 0 Å². The van der Waals surface area contributed by atoms with E-state index in [4.69, 9.17) is 0 Å². The standard InChI is InChI=1S/C23H23F3N6O/c1-15-7-8-19(32-29-10-11-30-32)17(13-15)22(33)31-12-4-5-16(2)20(31)14-28-21-18(23(24,25)26)6-3-9-27-21/h3,6-11,13-14,16H,4-5,12H2,1-2H3,(H,27,28)/b20-14+/t16-/m1/s1. The van der Waals surface area contributed by atoms with Crippen molar-refractivity contribution in [2.75, 3.05) is 11.9 Å². The first-order chi connectivity index (χ1) is 15.8. The molecule has 1 fully saturated rings. The van der Waals surface area contributed by atoms with E-state index in [-0.39, 0.29) is 17.6 Å². The van der Waals surface area contributed by atoms with Gasteiger partial charge in [0.05, 0.1) is 29.2 Å². The van der Waals surface area contributed by atoms with Gasteiger partial charge < -0.3 is 10.2 Å². The number of halogens is 3. The second kappa shape index (κ2) is 9.05. The average Bonchev–Trinajstić information content (AvgIpc) is 3.32. The molecule has 0 radical (unpaired) electrons. The molecule has 1 aliphatic rings. The lowest BCUT2D eigenvalue weighted by molar-refractivity contribution is -0.137. The maximum absolute atomic E-state index is 13.7. The fourth-order valence-corrected chi connectivity index (χ4v) is 3.91. The highest BCUT2D eigenvalue weighted by Gasteiger charge is 2.34. The van der Waals surface area contributed by atoms with Gasteiger partial charge in [0.15, 0.2) is 0 Å². The number of amides is 1. The van der Waals surface area contributed by atoms with Crippen molar-refractivity contribution in [1.82, 2.24) is 24.9 Å². The van der Waals surface area contributed by atoms with Crippen LogP contribution < -0.4 is 5.32 Å². The average molecular weight is 456 g/mol. The molecule has 0 bridgehead atoms. The highest BCUT2D eigenvalue weighted by atomic mass is 19.4. The predicted molar refractivity (Wildman–Crippen MR) is 116 cm³/mol. The summed E-state index contributed by atoms with van der Waals surface area (Å²) in [5.41, 5.74) is 1.58. The molecule has 3 heterocycles. The van der Waals surface area contributed by atoms with E-state index in [1.807, 2.05) is 19.9 Å². The number of anilines is 1. The fourth-order valence-electron chi connectivity index (χ4n) is 3.91. The van der Waals surface area contributed by atoms with E-state index in [0.29, 0.717) is 23.5 Å². The summed E-state index contributed by atoms with van der Waals surface area (Å²) in [4.78, 5) is 20.5. The summed E-state index contributed by atoms with van der Waals surface area (Å²) in [5, 5.41) is 11.0. The van der Waals surface area contributed by atoms with Gasteiger partial charge in [-0.2, -0.15) is 28.2 Å². The first-order valence-corrected chi connectivity index (χ1v) is 10.5. The highest BCUT2D eigenvalue weighted by molar-refractivity contribution is 5.99. The zero-order chi connectivity index (χ0) is 23.6. The maximum Gasteiger partial charge on any atom is 0.419 e. The number of rotatable bonds is 4. The first kappa shape index (κ1) is 22.5. The van der Waals surface area contributed by atoms with Crippen molar-refractivity contribution in [3.8, 4) is 5.69 Å². The third-order valence-corrected chi connectivity index (χ3v) is 5.57. The number of carbonyl (C=O) groups is 1. The highest BCUT2D eigenvalue weighted by Crippen LogP contribution is 2.34. The van der Waals surface area contributed by atoms with Crippen LogP contribution in [0.1, 0.15) is 41.3 Å². The minimum atomic E-state index is -4.55. The van der Waals surface area contributed by atoms with Gasteiger partial charge in [-0.1, -0.05) is 18.6 Å². The van der Waals surface area contributed by atoms with Crippen molar-refractivity contribution in [2.45, 2.75) is 32.9 Å². The van der Waals surface area contributed by atoms with Gasteiger partial charge in [-0.05, 0) is 49.9 Å². The summed E-state index contributed by atoms with van der Waals surface area (Å²) >= 11 is 0. The molecule has 10 heteroatoms. The Hall–Kier alpha value is -3.69. The molecular weight excluding hydrogens is 433 g/mol. The Labute approximate surface area is 188 Å². The zero-order valence-corrected chi connectivity index (χ0v) is 18.2. The number of likely N-dealkylation sites (tertiary alicyclic amines) is 1. The van der Waals surface area contributed by atoms with Gasteiger partial charge >= 0.3 is 6.18 Å². The predicted octanol–water partition coefficient (Wildman–Crippen LogP) is 4.82. The van der Waals surface area contributed by atoms with E-state index in [1.54, 1.807) is 17.0 Å². The lowest BCUT2D eigenvalue weighted by Gasteiger charge is -2.34. The normalized spacial score (nSPS) is 17.9. The second-order valence-electron chi connectivity index (χ2n) is 7.95. The molecule has 4 rings (SSSR count). The third-order valence-electron chi connectivity index (χ3n) is 5.57. The number of nitrogens with zero attached hydrogens (tertiary/aromatic N) is 5. The molecule has 172 valence electrons. The number of allylic oxidation sites excluding steroid dienone is 1. The number of carbonyl (C=O) groups excluding carboxylic acids is 1. The molecule has 0 aliphatic carbocycles. The van der Waals surface area contributed by atoms with Crippen LogP contribution in [0.2, 0.25) is 0 Å². The van der Waals surface area contributed by atoms with Crippen LogP contribution in [0.5, 0.6) is 0 Å². The Bertz CT molecular complexity index is 1170. The van der Waals surface area contributed by atoms with Gasteiger partial charge in [0.25, 0.3) is 5.91 Å². The van der Waals surface area contributed by atoms with Crippen molar-refractivity contribution >= 4 is 11.7 Å². The van der Waals surface area contributed by atoms with E-state index in [9.17, 15) is 18.0 Å². The second-order valence-corrected chi connectivity index (χ2v) is 7.95. The smallest absolute Gasteiger partial charge is 0.344 e. The number of aryl methyl sites for hydroxylation is 1. The lowest BCUT2D eigenvalue weighted by atomic mass is 9.95. The summed E-state index contributed by atoms with van der Waals surface area (Å²) in [7, 11) is 0. The monoisotopic (exact) mass is 456 g/mol. The molecule has 0 unspecified atom stereocenters. The molecule has 1 amide bonds. The molecule has 1 aliphatic heterocycles. The van der Waals surface area contributed by atoms with Gasteiger partial charge in [-0.25, -0.2) is 4.98 Å². The third kappa shape index (κ3) is 4.74. The number of nitrogens with one attached hydrogen (secondary N) is 1. The molecular formula is C23H23F3N6O. The summed E-state index contributed by atoms with van der Waals surface area (Å²) in [6.45, 7) is 4.28. The number of aromatic nitrogens is 4. The van der Waals surface area contributed by atoms with Gasteiger partial charge in [0, 0.05) is 24.6 Å². The first-order valence-electron chi connectivity index (χ1n) is 10.5. The molecule has 33 heavy (non-hydrogen) atoms. The minimum absolute atomic E-state index is 0.0377. The van der Waals surface area contributed by atoms with Gasteiger partial charge in [0.2, 0.25) is 0 Å². The molecule has 7 nitrogen and oxygen atoms in total. The minimum Gasteiger partial charge on any atom is -0.344 e. The molecule has 0 spiro atoms.